The first-order valence-corrected chi connectivity index (χ1v) is 8.68. The number of ether oxygens (including phenoxy) is 1. The largest absolute Gasteiger partial charge is 0.458 e. The molecule has 1 aliphatic carbocycles. The lowest BCUT2D eigenvalue weighted by Crippen LogP contribution is -2.43. The molecule has 1 saturated heterocycles. The molecular formula is C20H21NO3. The van der Waals surface area contributed by atoms with Crippen molar-refractivity contribution in [2.24, 2.45) is 5.92 Å². The van der Waals surface area contributed by atoms with Gasteiger partial charge < -0.3 is 10.1 Å². The van der Waals surface area contributed by atoms with Crippen molar-refractivity contribution in [3.05, 3.63) is 42.5 Å². The molecule has 1 spiro atoms. The third kappa shape index (κ3) is 2.66. The van der Waals surface area contributed by atoms with Gasteiger partial charge in [-0.05, 0) is 48.6 Å². The Labute approximate surface area is 141 Å². The maximum Gasteiger partial charge on any atom is 0.307 e. The quantitative estimate of drug-likeness (QED) is 0.849. The van der Waals surface area contributed by atoms with Crippen LogP contribution in [0.25, 0.3) is 10.8 Å². The van der Waals surface area contributed by atoms with Gasteiger partial charge in [0.2, 0.25) is 5.91 Å². The molecule has 0 radical (unpaired) electrons. The molecule has 124 valence electrons. The second kappa shape index (κ2) is 5.93. The maximum atomic E-state index is 12.8. The van der Waals surface area contributed by atoms with Crippen LogP contribution < -0.4 is 5.32 Å². The Hall–Kier alpha value is -2.36. The average Bonchev–Trinajstić information content (AvgIpc) is 2.91. The van der Waals surface area contributed by atoms with E-state index in [0.717, 1.165) is 48.6 Å². The highest BCUT2D eigenvalue weighted by atomic mass is 16.6. The van der Waals surface area contributed by atoms with Crippen LogP contribution in [0.15, 0.2) is 42.5 Å². The smallest absolute Gasteiger partial charge is 0.307 e. The van der Waals surface area contributed by atoms with Crippen molar-refractivity contribution in [2.75, 3.05) is 5.32 Å². The Bertz CT molecular complexity index is 792. The second-order valence-electron chi connectivity index (χ2n) is 6.91. The molecule has 1 saturated carbocycles. The van der Waals surface area contributed by atoms with E-state index < -0.39 is 5.60 Å². The van der Waals surface area contributed by atoms with Crippen molar-refractivity contribution in [3.63, 3.8) is 0 Å². The van der Waals surface area contributed by atoms with Crippen molar-refractivity contribution >= 4 is 28.3 Å². The number of esters is 1. The molecule has 2 aromatic carbocycles. The molecule has 1 unspecified atom stereocenters. The van der Waals surface area contributed by atoms with Crippen LogP contribution in [-0.2, 0) is 14.3 Å². The first-order valence-electron chi connectivity index (χ1n) is 8.68. The SMILES string of the molecule is O=C1CC(C(=O)Nc2ccc3ccccc3c2)C2(CCCCC2)O1. The number of hydrogen-bond donors (Lipinski definition) is 1. The number of amides is 1. The number of rotatable bonds is 2. The third-order valence-corrected chi connectivity index (χ3v) is 5.36. The van der Waals surface area contributed by atoms with Gasteiger partial charge >= 0.3 is 5.97 Å². The summed E-state index contributed by atoms with van der Waals surface area (Å²) in [5.41, 5.74) is 0.194. The predicted octanol–water partition coefficient (Wildman–Crippen LogP) is 4.04. The Kier molecular flexibility index (Phi) is 3.75. The molecule has 2 fully saturated rings. The number of benzene rings is 2. The van der Waals surface area contributed by atoms with Crippen LogP contribution in [0.2, 0.25) is 0 Å². The minimum atomic E-state index is -0.573. The van der Waals surface area contributed by atoms with Crippen LogP contribution in [0.5, 0.6) is 0 Å². The Morgan fingerprint density at radius 2 is 1.79 bits per heavy atom. The molecule has 0 aromatic heterocycles. The number of hydrogen-bond acceptors (Lipinski definition) is 3. The number of carbonyl (C=O) groups is 2. The standard InChI is InChI=1S/C20H21NO3/c22-18-13-17(20(24-18)10-4-1-5-11-20)19(23)21-16-9-8-14-6-2-3-7-15(14)12-16/h2-3,6-9,12,17H,1,4-5,10-11,13H2,(H,21,23). The van der Waals surface area contributed by atoms with Crippen LogP contribution in [-0.4, -0.2) is 17.5 Å². The van der Waals surface area contributed by atoms with E-state index in [-0.39, 0.29) is 24.2 Å². The lowest BCUT2D eigenvalue weighted by Gasteiger charge is -2.36. The molecular weight excluding hydrogens is 302 g/mol. The zero-order chi connectivity index (χ0) is 16.6. The Morgan fingerprint density at radius 3 is 2.58 bits per heavy atom. The van der Waals surface area contributed by atoms with Gasteiger partial charge in [0.1, 0.15) is 5.60 Å². The highest BCUT2D eigenvalue weighted by Gasteiger charge is 2.52. The molecule has 1 amide bonds. The highest BCUT2D eigenvalue weighted by molar-refractivity contribution is 5.98. The zero-order valence-electron chi connectivity index (χ0n) is 13.6. The Morgan fingerprint density at radius 1 is 1.04 bits per heavy atom. The van der Waals surface area contributed by atoms with E-state index in [4.69, 9.17) is 4.74 Å². The summed E-state index contributed by atoms with van der Waals surface area (Å²) >= 11 is 0. The lowest BCUT2D eigenvalue weighted by molar-refractivity contribution is -0.153. The van der Waals surface area contributed by atoms with Gasteiger partial charge in [-0.2, -0.15) is 0 Å². The van der Waals surface area contributed by atoms with Gasteiger partial charge in [0, 0.05) is 5.69 Å². The van der Waals surface area contributed by atoms with Gasteiger partial charge in [-0.1, -0.05) is 36.8 Å². The van der Waals surface area contributed by atoms with E-state index in [9.17, 15) is 9.59 Å². The summed E-state index contributed by atoms with van der Waals surface area (Å²) in [7, 11) is 0. The van der Waals surface area contributed by atoms with E-state index in [1.54, 1.807) is 0 Å². The first-order chi connectivity index (χ1) is 11.7. The third-order valence-electron chi connectivity index (χ3n) is 5.36. The summed E-state index contributed by atoms with van der Waals surface area (Å²) in [4.78, 5) is 24.7. The summed E-state index contributed by atoms with van der Waals surface area (Å²) in [5.74, 6) is -0.717. The summed E-state index contributed by atoms with van der Waals surface area (Å²) in [6.07, 6.45) is 4.99. The van der Waals surface area contributed by atoms with Crippen molar-refractivity contribution in [3.8, 4) is 0 Å². The highest BCUT2D eigenvalue weighted by Crippen LogP contribution is 2.44. The number of anilines is 1. The predicted molar refractivity (Wildman–Crippen MR) is 92.6 cm³/mol. The number of fused-ring (bicyclic) bond motifs is 1. The van der Waals surface area contributed by atoms with E-state index in [0.29, 0.717) is 0 Å². The number of carbonyl (C=O) groups excluding carboxylic acids is 2. The molecule has 4 rings (SSSR count). The summed E-state index contributed by atoms with van der Waals surface area (Å²) in [6.45, 7) is 0. The van der Waals surface area contributed by atoms with Crippen molar-refractivity contribution in [2.45, 2.75) is 44.1 Å². The van der Waals surface area contributed by atoms with E-state index in [1.165, 1.54) is 0 Å². The fraction of sp³-hybridized carbons (Fsp3) is 0.400. The molecule has 24 heavy (non-hydrogen) atoms. The summed E-state index contributed by atoms with van der Waals surface area (Å²) in [5, 5.41) is 5.22. The lowest BCUT2D eigenvalue weighted by atomic mass is 9.75. The van der Waals surface area contributed by atoms with Gasteiger partial charge in [0.15, 0.2) is 0 Å². The molecule has 4 heteroatoms. The minimum Gasteiger partial charge on any atom is -0.458 e. The molecule has 1 atom stereocenters. The molecule has 1 aliphatic heterocycles. The van der Waals surface area contributed by atoms with E-state index >= 15 is 0 Å². The summed E-state index contributed by atoms with van der Waals surface area (Å²) < 4.78 is 5.63. The van der Waals surface area contributed by atoms with Crippen LogP contribution in [0.3, 0.4) is 0 Å². The van der Waals surface area contributed by atoms with Gasteiger partial charge in [-0.3, -0.25) is 9.59 Å². The van der Waals surface area contributed by atoms with Gasteiger partial charge in [0.25, 0.3) is 0 Å². The van der Waals surface area contributed by atoms with Gasteiger partial charge in [0.05, 0.1) is 12.3 Å². The second-order valence-corrected chi connectivity index (χ2v) is 6.91. The molecule has 2 aliphatic rings. The normalized spacial score (nSPS) is 22.5. The van der Waals surface area contributed by atoms with Crippen LogP contribution in [0.4, 0.5) is 5.69 Å². The topological polar surface area (TPSA) is 55.4 Å². The fourth-order valence-corrected chi connectivity index (χ4v) is 4.12. The monoisotopic (exact) mass is 323 g/mol. The van der Waals surface area contributed by atoms with Crippen molar-refractivity contribution in [1.29, 1.82) is 0 Å². The number of nitrogens with one attached hydrogen (secondary N) is 1. The fourth-order valence-electron chi connectivity index (χ4n) is 4.12. The van der Waals surface area contributed by atoms with Crippen molar-refractivity contribution < 1.29 is 14.3 Å². The van der Waals surface area contributed by atoms with Crippen LogP contribution in [0, 0.1) is 5.92 Å². The molecule has 1 N–H and O–H groups in total. The van der Waals surface area contributed by atoms with Crippen LogP contribution in [0.1, 0.15) is 38.5 Å². The molecule has 2 aromatic rings. The van der Waals surface area contributed by atoms with Gasteiger partial charge in [-0.15, -0.1) is 0 Å². The zero-order valence-corrected chi connectivity index (χ0v) is 13.6. The molecule has 4 nitrogen and oxygen atoms in total. The summed E-state index contributed by atoms with van der Waals surface area (Å²) in [6, 6.07) is 13.9. The molecule has 1 heterocycles. The van der Waals surface area contributed by atoms with E-state index in [2.05, 4.69) is 5.32 Å². The maximum absolute atomic E-state index is 12.8. The van der Waals surface area contributed by atoms with E-state index in [1.807, 2.05) is 42.5 Å². The first kappa shape index (κ1) is 15.2. The Balaban J connectivity index is 1.56. The molecule has 0 bridgehead atoms. The van der Waals surface area contributed by atoms with Crippen LogP contribution >= 0.6 is 0 Å². The minimum absolute atomic E-state index is 0.0990. The van der Waals surface area contributed by atoms with Crippen molar-refractivity contribution in [1.82, 2.24) is 0 Å². The van der Waals surface area contributed by atoms with Gasteiger partial charge in [-0.25, -0.2) is 0 Å². The average molecular weight is 323 g/mol.